The van der Waals surface area contributed by atoms with Crippen molar-refractivity contribution in [2.75, 3.05) is 13.1 Å². The van der Waals surface area contributed by atoms with Gasteiger partial charge in [0.25, 0.3) is 11.8 Å². The fourth-order valence-corrected chi connectivity index (χ4v) is 5.61. The summed E-state index contributed by atoms with van der Waals surface area (Å²) in [4.78, 5) is 24.4. The van der Waals surface area contributed by atoms with Gasteiger partial charge >= 0.3 is 0 Å². The van der Waals surface area contributed by atoms with E-state index in [0.717, 1.165) is 24.2 Å². The van der Waals surface area contributed by atoms with Gasteiger partial charge in [-0.2, -0.15) is 4.31 Å². The summed E-state index contributed by atoms with van der Waals surface area (Å²) < 4.78 is 45.6. The number of sulfonamides is 1. The van der Waals surface area contributed by atoms with E-state index < -0.39 is 33.8 Å². The Bertz CT molecular complexity index is 1000. The van der Waals surface area contributed by atoms with E-state index in [4.69, 9.17) is 4.74 Å². The number of hydrazine groups is 1. The first-order valence-corrected chi connectivity index (χ1v) is 11.2. The topological polar surface area (TPSA) is 105 Å². The number of carbonyl (C=O) groups is 2. The van der Waals surface area contributed by atoms with E-state index in [1.165, 1.54) is 40.9 Å². The highest BCUT2D eigenvalue weighted by molar-refractivity contribution is 7.89. The Hall–Kier alpha value is -2.50. The van der Waals surface area contributed by atoms with Gasteiger partial charge in [-0.1, -0.05) is 12.1 Å². The molecule has 0 spiro atoms. The number of halogens is 1. The van der Waals surface area contributed by atoms with Gasteiger partial charge in [0, 0.05) is 13.1 Å². The van der Waals surface area contributed by atoms with E-state index in [2.05, 4.69) is 10.9 Å². The minimum atomic E-state index is -3.77. The van der Waals surface area contributed by atoms with E-state index in [9.17, 15) is 22.4 Å². The van der Waals surface area contributed by atoms with Gasteiger partial charge in [0.1, 0.15) is 9.77 Å². The first kappa shape index (κ1) is 21.2. The molecule has 2 aromatic rings. The van der Waals surface area contributed by atoms with Crippen LogP contribution in [-0.2, 0) is 14.8 Å². The van der Waals surface area contributed by atoms with Crippen molar-refractivity contribution in [2.45, 2.75) is 30.8 Å². The Kier molecular flexibility index (Phi) is 6.50. The van der Waals surface area contributed by atoms with Crippen molar-refractivity contribution in [3.8, 4) is 5.75 Å². The lowest BCUT2D eigenvalue weighted by Crippen LogP contribution is -2.47. The third-order valence-corrected chi connectivity index (χ3v) is 7.31. The lowest BCUT2D eigenvalue weighted by molar-refractivity contribution is -0.128. The van der Waals surface area contributed by atoms with Crippen LogP contribution in [0.3, 0.4) is 0 Å². The number of para-hydroxylation sites is 1. The molecule has 0 bridgehead atoms. The molecule has 29 heavy (non-hydrogen) atoms. The van der Waals surface area contributed by atoms with Crippen LogP contribution in [0.5, 0.6) is 5.75 Å². The highest BCUT2D eigenvalue weighted by Gasteiger charge is 2.32. The number of rotatable bonds is 6. The largest absolute Gasteiger partial charge is 0.478 e. The zero-order valence-electron chi connectivity index (χ0n) is 15.6. The van der Waals surface area contributed by atoms with Gasteiger partial charge in [0.05, 0.1) is 0 Å². The predicted octanol–water partition coefficient (Wildman–Crippen LogP) is 1.90. The first-order valence-electron chi connectivity index (χ1n) is 8.89. The molecule has 1 aliphatic heterocycles. The quantitative estimate of drug-likeness (QED) is 0.667. The SMILES string of the molecule is CC(Oc1ccccc1F)C(=O)NNC(=O)c1sccc1S(=O)(=O)N1CCCC1. The predicted molar refractivity (Wildman–Crippen MR) is 104 cm³/mol. The molecule has 8 nitrogen and oxygen atoms in total. The van der Waals surface area contributed by atoms with Gasteiger partial charge in [-0.15, -0.1) is 11.3 Å². The molecule has 156 valence electrons. The Morgan fingerprint density at radius 1 is 1.17 bits per heavy atom. The zero-order chi connectivity index (χ0) is 21.0. The van der Waals surface area contributed by atoms with Crippen molar-refractivity contribution >= 4 is 33.2 Å². The Morgan fingerprint density at radius 3 is 2.55 bits per heavy atom. The summed E-state index contributed by atoms with van der Waals surface area (Å²) >= 11 is 0.958. The summed E-state index contributed by atoms with van der Waals surface area (Å²) in [5, 5.41) is 1.50. The smallest absolute Gasteiger partial charge is 0.281 e. The number of nitrogens with zero attached hydrogens (tertiary/aromatic N) is 1. The van der Waals surface area contributed by atoms with Crippen LogP contribution in [0.15, 0.2) is 40.6 Å². The number of benzene rings is 1. The number of ether oxygens (including phenoxy) is 1. The van der Waals surface area contributed by atoms with E-state index in [1.54, 1.807) is 6.07 Å². The lowest BCUT2D eigenvalue weighted by Gasteiger charge is -2.17. The van der Waals surface area contributed by atoms with Crippen molar-refractivity contribution in [1.82, 2.24) is 15.2 Å². The molecule has 0 saturated carbocycles. The second kappa shape index (κ2) is 8.89. The average Bonchev–Trinajstić information content (AvgIpc) is 3.39. The van der Waals surface area contributed by atoms with Crippen LogP contribution >= 0.6 is 11.3 Å². The molecular formula is C18H20FN3O5S2. The number of amides is 2. The summed E-state index contributed by atoms with van der Waals surface area (Å²) in [5.41, 5.74) is 4.36. The highest BCUT2D eigenvalue weighted by Crippen LogP contribution is 2.27. The number of hydrogen-bond donors (Lipinski definition) is 2. The van der Waals surface area contributed by atoms with E-state index in [1.807, 2.05) is 0 Å². The van der Waals surface area contributed by atoms with Crippen LogP contribution in [0, 0.1) is 5.82 Å². The maximum absolute atomic E-state index is 13.6. The number of hydrogen-bond acceptors (Lipinski definition) is 6. The van der Waals surface area contributed by atoms with Crippen molar-refractivity contribution in [2.24, 2.45) is 0 Å². The van der Waals surface area contributed by atoms with Gasteiger partial charge in [0.15, 0.2) is 17.7 Å². The molecule has 3 rings (SSSR count). The average molecular weight is 442 g/mol. The van der Waals surface area contributed by atoms with E-state index in [0.29, 0.717) is 13.1 Å². The fourth-order valence-electron chi connectivity index (χ4n) is 2.79. The van der Waals surface area contributed by atoms with Gasteiger partial charge in [-0.25, -0.2) is 12.8 Å². The molecule has 0 aliphatic carbocycles. The molecule has 1 unspecified atom stereocenters. The van der Waals surface area contributed by atoms with Crippen LogP contribution in [0.4, 0.5) is 4.39 Å². The fraction of sp³-hybridized carbons (Fsp3) is 0.333. The van der Waals surface area contributed by atoms with Crippen LogP contribution < -0.4 is 15.6 Å². The molecule has 2 amide bonds. The van der Waals surface area contributed by atoms with Crippen LogP contribution in [0.1, 0.15) is 29.4 Å². The summed E-state index contributed by atoms with van der Waals surface area (Å²) in [5.74, 6) is -2.20. The van der Waals surface area contributed by atoms with Gasteiger partial charge in [0.2, 0.25) is 10.0 Å². The second-order valence-electron chi connectivity index (χ2n) is 6.36. The third-order valence-electron chi connectivity index (χ3n) is 4.33. The van der Waals surface area contributed by atoms with Gasteiger partial charge in [-0.05, 0) is 43.3 Å². The second-order valence-corrected chi connectivity index (χ2v) is 9.18. The number of thiophene rings is 1. The summed E-state index contributed by atoms with van der Waals surface area (Å²) in [6.07, 6.45) is 0.463. The molecule has 1 atom stereocenters. The highest BCUT2D eigenvalue weighted by atomic mass is 32.2. The maximum atomic E-state index is 13.6. The monoisotopic (exact) mass is 441 g/mol. The minimum Gasteiger partial charge on any atom is -0.478 e. The molecule has 11 heteroatoms. The summed E-state index contributed by atoms with van der Waals surface area (Å²) in [6, 6.07) is 6.99. The molecule has 1 aliphatic rings. The Morgan fingerprint density at radius 2 is 1.86 bits per heavy atom. The standard InChI is InChI=1S/C18H20FN3O5S2/c1-12(27-14-7-3-2-6-13(14)19)17(23)20-21-18(24)16-15(8-11-28-16)29(25,26)22-9-4-5-10-22/h2-3,6-8,11-12H,4-5,9-10H2,1H3,(H,20,23)(H,21,24). The molecule has 1 aromatic carbocycles. The van der Waals surface area contributed by atoms with E-state index in [-0.39, 0.29) is 15.5 Å². The lowest BCUT2D eigenvalue weighted by atomic mass is 10.3. The van der Waals surface area contributed by atoms with Crippen molar-refractivity contribution < 1.29 is 27.1 Å². The molecule has 2 heterocycles. The zero-order valence-corrected chi connectivity index (χ0v) is 17.2. The summed E-state index contributed by atoms with van der Waals surface area (Å²) in [6.45, 7) is 2.23. The molecule has 2 N–H and O–H groups in total. The Balaban J connectivity index is 1.62. The third kappa shape index (κ3) is 4.74. The van der Waals surface area contributed by atoms with Crippen LogP contribution in [-0.4, -0.2) is 43.7 Å². The normalized spacial score (nSPS) is 15.7. The minimum absolute atomic E-state index is 0.0279. The molecular weight excluding hydrogens is 421 g/mol. The number of carbonyl (C=O) groups excluding carboxylic acids is 2. The Labute approximate surface area is 171 Å². The molecule has 1 fully saturated rings. The summed E-state index contributed by atoms with van der Waals surface area (Å²) in [7, 11) is -3.77. The first-order chi connectivity index (χ1) is 13.8. The molecule has 1 aromatic heterocycles. The molecule has 1 saturated heterocycles. The maximum Gasteiger partial charge on any atom is 0.281 e. The van der Waals surface area contributed by atoms with Crippen LogP contribution in [0.2, 0.25) is 0 Å². The van der Waals surface area contributed by atoms with Crippen LogP contribution in [0.25, 0.3) is 0 Å². The van der Waals surface area contributed by atoms with Gasteiger partial charge in [-0.3, -0.25) is 20.4 Å². The van der Waals surface area contributed by atoms with Crippen molar-refractivity contribution in [1.29, 1.82) is 0 Å². The molecule has 0 radical (unpaired) electrons. The number of nitrogens with one attached hydrogen (secondary N) is 2. The van der Waals surface area contributed by atoms with Crippen molar-refractivity contribution in [3.63, 3.8) is 0 Å². The van der Waals surface area contributed by atoms with Gasteiger partial charge < -0.3 is 4.74 Å². The van der Waals surface area contributed by atoms with Crippen molar-refractivity contribution in [3.05, 3.63) is 46.4 Å². The van der Waals surface area contributed by atoms with E-state index >= 15 is 0 Å².